The van der Waals surface area contributed by atoms with Gasteiger partial charge >= 0.3 is 0 Å². The van der Waals surface area contributed by atoms with E-state index in [1.165, 1.54) is 25.8 Å². The SMILES string of the molecule is CC(C)N1CCCCC12COC2. The van der Waals surface area contributed by atoms with Gasteiger partial charge < -0.3 is 4.74 Å². The molecule has 0 unspecified atom stereocenters. The van der Waals surface area contributed by atoms with Gasteiger partial charge in [-0.05, 0) is 33.2 Å². The highest BCUT2D eigenvalue weighted by atomic mass is 16.5. The van der Waals surface area contributed by atoms with Gasteiger partial charge in [0.1, 0.15) is 0 Å². The summed E-state index contributed by atoms with van der Waals surface area (Å²) >= 11 is 0. The van der Waals surface area contributed by atoms with E-state index >= 15 is 0 Å². The van der Waals surface area contributed by atoms with Gasteiger partial charge in [-0.15, -0.1) is 0 Å². The van der Waals surface area contributed by atoms with Crippen LogP contribution < -0.4 is 0 Å². The highest BCUT2D eigenvalue weighted by Crippen LogP contribution is 2.35. The first-order valence-electron chi connectivity index (χ1n) is 5.09. The molecule has 0 atom stereocenters. The van der Waals surface area contributed by atoms with E-state index in [1.807, 2.05) is 0 Å². The van der Waals surface area contributed by atoms with Gasteiger partial charge in [-0.1, -0.05) is 6.42 Å². The molecule has 2 fully saturated rings. The van der Waals surface area contributed by atoms with Crippen molar-refractivity contribution >= 4 is 0 Å². The predicted molar refractivity (Wildman–Crippen MR) is 49.2 cm³/mol. The summed E-state index contributed by atoms with van der Waals surface area (Å²) in [4.78, 5) is 2.64. The van der Waals surface area contributed by atoms with Crippen LogP contribution >= 0.6 is 0 Å². The fourth-order valence-corrected chi connectivity index (χ4v) is 2.57. The average Bonchev–Trinajstić information content (AvgIpc) is 2.01. The zero-order valence-corrected chi connectivity index (χ0v) is 8.18. The summed E-state index contributed by atoms with van der Waals surface area (Å²) in [5.74, 6) is 0. The van der Waals surface area contributed by atoms with E-state index in [1.54, 1.807) is 0 Å². The highest BCUT2D eigenvalue weighted by Gasteiger charge is 2.45. The van der Waals surface area contributed by atoms with E-state index in [4.69, 9.17) is 4.74 Å². The van der Waals surface area contributed by atoms with Crippen molar-refractivity contribution in [2.75, 3.05) is 19.8 Å². The number of likely N-dealkylation sites (tertiary alicyclic amines) is 1. The van der Waals surface area contributed by atoms with Crippen molar-refractivity contribution in [1.29, 1.82) is 0 Å². The van der Waals surface area contributed by atoms with Crippen LogP contribution in [0.3, 0.4) is 0 Å². The Kier molecular flexibility index (Phi) is 2.13. The molecular formula is C10H19NO. The average molecular weight is 169 g/mol. The summed E-state index contributed by atoms with van der Waals surface area (Å²) in [6, 6.07) is 0.689. The van der Waals surface area contributed by atoms with Crippen molar-refractivity contribution in [3.05, 3.63) is 0 Å². The molecule has 0 aromatic carbocycles. The molecule has 2 nitrogen and oxygen atoms in total. The van der Waals surface area contributed by atoms with Gasteiger partial charge in [0.05, 0.1) is 18.8 Å². The minimum absolute atomic E-state index is 0.451. The van der Waals surface area contributed by atoms with Crippen LogP contribution in [-0.2, 0) is 4.74 Å². The molecule has 0 bridgehead atoms. The number of hydrogen-bond donors (Lipinski definition) is 0. The minimum Gasteiger partial charge on any atom is -0.377 e. The van der Waals surface area contributed by atoms with Crippen molar-refractivity contribution in [2.24, 2.45) is 0 Å². The second kappa shape index (κ2) is 3.00. The summed E-state index contributed by atoms with van der Waals surface area (Å²) in [5, 5.41) is 0. The summed E-state index contributed by atoms with van der Waals surface area (Å²) in [7, 11) is 0. The molecule has 0 amide bonds. The van der Waals surface area contributed by atoms with Gasteiger partial charge in [0, 0.05) is 6.04 Å². The Morgan fingerprint density at radius 2 is 2.00 bits per heavy atom. The molecule has 0 aliphatic carbocycles. The largest absolute Gasteiger partial charge is 0.377 e. The van der Waals surface area contributed by atoms with Crippen LogP contribution in [0.1, 0.15) is 33.1 Å². The van der Waals surface area contributed by atoms with Crippen LogP contribution in [0.4, 0.5) is 0 Å². The lowest BCUT2D eigenvalue weighted by Crippen LogP contribution is -2.65. The lowest BCUT2D eigenvalue weighted by atomic mass is 9.84. The monoisotopic (exact) mass is 169 g/mol. The van der Waals surface area contributed by atoms with E-state index in [0.717, 1.165) is 13.2 Å². The van der Waals surface area contributed by atoms with Crippen molar-refractivity contribution in [2.45, 2.75) is 44.7 Å². The van der Waals surface area contributed by atoms with Crippen LogP contribution in [0, 0.1) is 0 Å². The zero-order chi connectivity index (χ0) is 8.60. The van der Waals surface area contributed by atoms with E-state index < -0.39 is 0 Å². The first-order chi connectivity index (χ1) is 5.75. The van der Waals surface area contributed by atoms with Gasteiger partial charge in [0.25, 0.3) is 0 Å². The topological polar surface area (TPSA) is 12.5 Å². The van der Waals surface area contributed by atoms with E-state index in [-0.39, 0.29) is 0 Å². The molecule has 2 rings (SSSR count). The molecule has 0 saturated carbocycles. The Hall–Kier alpha value is -0.0800. The van der Waals surface area contributed by atoms with Crippen LogP contribution in [0.15, 0.2) is 0 Å². The Morgan fingerprint density at radius 1 is 1.25 bits per heavy atom. The van der Waals surface area contributed by atoms with Gasteiger partial charge in [-0.3, -0.25) is 4.90 Å². The molecule has 0 radical (unpaired) electrons. The smallest absolute Gasteiger partial charge is 0.0680 e. The van der Waals surface area contributed by atoms with Crippen LogP contribution in [-0.4, -0.2) is 36.2 Å². The molecule has 1 spiro atoms. The first-order valence-corrected chi connectivity index (χ1v) is 5.09. The molecule has 0 N–H and O–H groups in total. The third-order valence-corrected chi connectivity index (χ3v) is 3.27. The number of ether oxygens (including phenoxy) is 1. The van der Waals surface area contributed by atoms with Crippen LogP contribution in [0.2, 0.25) is 0 Å². The predicted octanol–water partition coefficient (Wildman–Crippen LogP) is 1.65. The Balaban J connectivity index is 2.06. The number of piperidine rings is 1. The summed E-state index contributed by atoms with van der Waals surface area (Å²) in [5.41, 5.74) is 0.451. The maximum absolute atomic E-state index is 5.35. The van der Waals surface area contributed by atoms with Crippen molar-refractivity contribution in [1.82, 2.24) is 4.90 Å². The van der Waals surface area contributed by atoms with E-state index in [9.17, 15) is 0 Å². The van der Waals surface area contributed by atoms with Gasteiger partial charge in [0.2, 0.25) is 0 Å². The van der Waals surface area contributed by atoms with Crippen LogP contribution in [0.25, 0.3) is 0 Å². The fraction of sp³-hybridized carbons (Fsp3) is 1.00. The molecule has 0 aromatic rings. The van der Waals surface area contributed by atoms with E-state index in [0.29, 0.717) is 11.6 Å². The van der Waals surface area contributed by atoms with Crippen molar-refractivity contribution in [3.63, 3.8) is 0 Å². The third-order valence-electron chi connectivity index (χ3n) is 3.27. The normalized spacial score (nSPS) is 29.2. The lowest BCUT2D eigenvalue weighted by Gasteiger charge is -2.54. The standard InChI is InChI=1S/C10H19NO/c1-9(2)11-6-4-3-5-10(11)7-12-8-10/h9H,3-8H2,1-2H3. The maximum Gasteiger partial charge on any atom is 0.0680 e. The summed E-state index contributed by atoms with van der Waals surface area (Å²) in [6.45, 7) is 7.83. The third kappa shape index (κ3) is 1.17. The molecule has 2 heterocycles. The Bertz CT molecular complexity index is 163. The number of rotatable bonds is 1. The molecule has 70 valence electrons. The van der Waals surface area contributed by atoms with Gasteiger partial charge in [-0.25, -0.2) is 0 Å². The zero-order valence-electron chi connectivity index (χ0n) is 8.18. The van der Waals surface area contributed by atoms with Crippen molar-refractivity contribution in [3.8, 4) is 0 Å². The van der Waals surface area contributed by atoms with Crippen LogP contribution in [0.5, 0.6) is 0 Å². The maximum atomic E-state index is 5.35. The minimum atomic E-state index is 0.451. The van der Waals surface area contributed by atoms with Gasteiger partial charge in [0.15, 0.2) is 0 Å². The summed E-state index contributed by atoms with van der Waals surface area (Å²) in [6.07, 6.45) is 4.12. The van der Waals surface area contributed by atoms with E-state index in [2.05, 4.69) is 18.7 Å². The summed E-state index contributed by atoms with van der Waals surface area (Å²) < 4.78 is 5.35. The Morgan fingerprint density at radius 3 is 2.42 bits per heavy atom. The molecular weight excluding hydrogens is 150 g/mol. The molecule has 2 aliphatic heterocycles. The fourth-order valence-electron chi connectivity index (χ4n) is 2.57. The van der Waals surface area contributed by atoms with Gasteiger partial charge in [-0.2, -0.15) is 0 Å². The van der Waals surface area contributed by atoms with Crippen molar-refractivity contribution < 1.29 is 4.74 Å². The number of nitrogens with zero attached hydrogens (tertiary/aromatic N) is 1. The lowest BCUT2D eigenvalue weighted by molar-refractivity contribution is -0.165. The molecule has 2 saturated heterocycles. The molecule has 2 aliphatic rings. The second-order valence-electron chi connectivity index (χ2n) is 4.46. The molecule has 12 heavy (non-hydrogen) atoms. The number of hydrogen-bond acceptors (Lipinski definition) is 2. The Labute approximate surface area is 74.9 Å². The molecule has 2 heteroatoms. The second-order valence-corrected chi connectivity index (χ2v) is 4.46. The first kappa shape index (κ1) is 8.52. The highest BCUT2D eigenvalue weighted by molar-refractivity contribution is 4.99. The quantitative estimate of drug-likeness (QED) is 0.592. The molecule has 0 aromatic heterocycles.